The number of nitrogens with zero attached hydrogens (tertiary/aromatic N) is 1. The molecular formula is C11H24N4O2. The van der Waals surface area contributed by atoms with Crippen LogP contribution in [0.2, 0.25) is 0 Å². The van der Waals surface area contributed by atoms with Crippen LogP contribution in [0.25, 0.3) is 0 Å². The molecule has 0 aromatic carbocycles. The number of amides is 3. The Balaban J connectivity index is 3.84. The molecule has 0 aliphatic heterocycles. The number of carbonyl (C=O) groups is 2. The fraction of sp³-hybridized carbons (Fsp3) is 0.818. The molecule has 0 aliphatic rings. The summed E-state index contributed by atoms with van der Waals surface area (Å²) in [5.41, 5.74) is 5.51. The normalized spacial score (nSPS) is 12.8. The summed E-state index contributed by atoms with van der Waals surface area (Å²) in [5.74, 6) is -0.198. The summed E-state index contributed by atoms with van der Waals surface area (Å²) in [5, 5.41) is 5.33. The Bertz CT molecular complexity index is 271. The van der Waals surface area contributed by atoms with Gasteiger partial charge in [0.2, 0.25) is 5.91 Å². The highest BCUT2D eigenvalue weighted by atomic mass is 16.2. The molecule has 0 saturated carbocycles. The van der Waals surface area contributed by atoms with Crippen molar-refractivity contribution in [2.24, 2.45) is 11.1 Å². The average molecular weight is 244 g/mol. The van der Waals surface area contributed by atoms with Crippen LogP contribution in [0.1, 0.15) is 20.8 Å². The minimum absolute atomic E-state index is 0.181. The molecule has 0 heterocycles. The van der Waals surface area contributed by atoms with Crippen molar-refractivity contribution < 1.29 is 9.59 Å². The van der Waals surface area contributed by atoms with Gasteiger partial charge in [-0.05, 0) is 5.41 Å². The van der Waals surface area contributed by atoms with Crippen molar-refractivity contribution in [2.75, 3.05) is 27.2 Å². The van der Waals surface area contributed by atoms with Crippen molar-refractivity contribution in [3.05, 3.63) is 0 Å². The molecule has 17 heavy (non-hydrogen) atoms. The molecule has 3 amide bonds. The van der Waals surface area contributed by atoms with Gasteiger partial charge in [-0.15, -0.1) is 0 Å². The molecular weight excluding hydrogens is 220 g/mol. The van der Waals surface area contributed by atoms with E-state index < -0.39 is 6.04 Å². The fourth-order valence-electron chi connectivity index (χ4n) is 1.02. The van der Waals surface area contributed by atoms with Gasteiger partial charge >= 0.3 is 6.03 Å². The lowest BCUT2D eigenvalue weighted by Crippen LogP contribution is -2.50. The summed E-state index contributed by atoms with van der Waals surface area (Å²) in [7, 11) is 3.31. The summed E-state index contributed by atoms with van der Waals surface area (Å²) in [6, 6.07) is -0.730. The molecule has 0 radical (unpaired) electrons. The first-order valence-corrected chi connectivity index (χ1v) is 5.64. The average Bonchev–Trinajstić information content (AvgIpc) is 2.20. The number of urea groups is 1. The highest BCUT2D eigenvalue weighted by Gasteiger charge is 2.26. The van der Waals surface area contributed by atoms with Crippen molar-refractivity contribution in [1.29, 1.82) is 0 Å². The number of hydrogen-bond donors (Lipinski definition) is 3. The van der Waals surface area contributed by atoms with Gasteiger partial charge < -0.3 is 21.3 Å². The Morgan fingerprint density at radius 1 is 1.18 bits per heavy atom. The number of carbonyl (C=O) groups excluding carboxylic acids is 2. The highest BCUT2D eigenvalue weighted by molar-refractivity contribution is 5.82. The predicted molar refractivity (Wildman–Crippen MR) is 67.5 cm³/mol. The molecule has 0 unspecified atom stereocenters. The second kappa shape index (κ2) is 6.44. The molecule has 1 atom stereocenters. The van der Waals surface area contributed by atoms with Crippen molar-refractivity contribution in [1.82, 2.24) is 15.5 Å². The third kappa shape index (κ3) is 6.11. The van der Waals surface area contributed by atoms with Crippen LogP contribution in [-0.2, 0) is 4.79 Å². The van der Waals surface area contributed by atoms with Crippen LogP contribution < -0.4 is 16.4 Å². The SMILES string of the molecule is CN(C)C(=O)NCCNC(=O)[C@H](N)C(C)(C)C. The monoisotopic (exact) mass is 244 g/mol. The number of nitrogens with one attached hydrogen (secondary N) is 2. The van der Waals surface area contributed by atoms with E-state index in [4.69, 9.17) is 5.73 Å². The van der Waals surface area contributed by atoms with Gasteiger partial charge in [0.25, 0.3) is 0 Å². The van der Waals surface area contributed by atoms with Crippen LogP contribution >= 0.6 is 0 Å². The lowest BCUT2D eigenvalue weighted by molar-refractivity contribution is -0.124. The van der Waals surface area contributed by atoms with Gasteiger partial charge in [-0.1, -0.05) is 20.8 Å². The molecule has 6 heteroatoms. The maximum Gasteiger partial charge on any atom is 0.316 e. The van der Waals surface area contributed by atoms with E-state index in [-0.39, 0.29) is 17.4 Å². The van der Waals surface area contributed by atoms with Crippen molar-refractivity contribution in [3.63, 3.8) is 0 Å². The molecule has 0 saturated heterocycles. The van der Waals surface area contributed by atoms with Crippen LogP contribution in [0.5, 0.6) is 0 Å². The summed E-state index contributed by atoms with van der Waals surface area (Å²) in [6.07, 6.45) is 0. The van der Waals surface area contributed by atoms with Gasteiger partial charge in [-0.2, -0.15) is 0 Å². The molecule has 0 aromatic heterocycles. The lowest BCUT2D eigenvalue weighted by atomic mass is 9.87. The van der Waals surface area contributed by atoms with E-state index in [1.807, 2.05) is 20.8 Å². The van der Waals surface area contributed by atoms with Crippen LogP contribution in [0.3, 0.4) is 0 Å². The van der Waals surface area contributed by atoms with Gasteiger partial charge in [-0.25, -0.2) is 4.79 Å². The summed E-state index contributed by atoms with van der Waals surface area (Å²) >= 11 is 0. The number of nitrogens with two attached hydrogens (primary N) is 1. The van der Waals surface area contributed by atoms with E-state index in [1.54, 1.807) is 14.1 Å². The molecule has 100 valence electrons. The topological polar surface area (TPSA) is 87.5 Å². The number of rotatable bonds is 4. The smallest absolute Gasteiger partial charge is 0.316 e. The minimum Gasteiger partial charge on any atom is -0.353 e. The second-order valence-corrected chi connectivity index (χ2v) is 5.26. The zero-order chi connectivity index (χ0) is 13.6. The zero-order valence-corrected chi connectivity index (χ0v) is 11.3. The summed E-state index contributed by atoms with van der Waals surface area (Å²) < 4.78 is 0. The van der Waals surface area contributed by atoms with E-state index in [9.17, 15) is 9.59 Å². The molecule has 6 nitrogen and oxygen atoms in total. The van der Waals surface area contributed by atoms with Crippen LogP contribution in [0.4, 0.5) is 4.79 Å². The van der Waals surface area contributed by atoms with E-state index >= 15 is 0 Å². The molecule has 0 aliphatic carbocycles. The Hall–Kier alpha value is -1.30. The van der Waals surface area contributed by atoms with Gasteiger partial charge in [0, 0.05) is 27.2 Å². The van der Waals surface area contributed by atoms with Gasteiger partial charge in [0.05, 0.1) is 6.04 Å². The molecule has 0 fully saturated rings. The summed E-state index contributed by atoms with van der Waals surface area (Å²) in [4.78, 5) is 24.2. The first-order valence-electron chi connectivity index (χ1n) is 5.64. The molecule has 4 N–H and O–H groups in total. The third-order valence-corrected chi connectivity index (χ3v) is 2.32. The molecule has 0 rings (SSSR count). The van der Waals surface area contributed by atoms with Crippen molar-refractivity contribution in [3.8, 4) is 0 Å². The van der Waals surface area contributed by atoms with Gasteiger partial charge in [0.15, 0.2) is 0 Å². The lowest BCUT2D eigenvalue weighted by Gasteiger charge is -2.25. The largest absolute Gasteiger partial charge is 0.353 e. The molecule has 0 bridgehead atoms. The number of hydrogen-bond acceptors (Lipinski definition) is 3. The predicted octanol–water partition coefficient (Wildman–Crippen LogP) is -0.253. The zero-order valence-electron chi connectivity index (χ0n) is 11.3. The first-order chi connectivity index (χ1) is 7.66. The Morgan fingerprint density at radius 3 is 2.06 bits per heavy atom. The third-order valence-electron chi connectivity index (χ3n) is 2.32. The second-order valence-electron chi connectivity index (χ2n) is 5.26. The standard InChI is InChI=1S/C11H24N4O2/c1-11(2,3)8(12)9(16)13-6-7-14-10(17)15(4)5/h8H,6-7,12H2,1-5H3,(H,13,16)(H,14,17)/t8-/m0/s1. The highest BCUT2D eigenvalue weighted by Crippen LogP contribution is 2.16. The quantitative estimate of drug-likeness (QED) is 0.596. The van der Waals surface area contributed by atoms with Crippen molar-refractivity contribution in [2.45, 2.75) is 26.8 Å². The fourth-order valence-corrected chi connectivity index (χ4v) is 1.02. The van der Waals surface area contributed by atoms with E-state index in [1.165, 1.54) is 4.90 Å². The minimum atomic E-state index is -0.549. The molecule has 0 aromatic rings. The van der Waals surface area contributed by atoms with Crippen molar-refractivity contribution >= 4 is 11.9 Å². The van der Waals surface area contributed by atoms with Crippen LogP contribution in [0.15, 0.2) is 0 Å². The van der Waals surface area contributed by atoms with Crippen LogP contribution in [-0.4, -0.2) is 50.1 Å². The van der Waals surface area contributed by atoms with Gasteiger partial charge in [0.1, 0.15) is 0 Å². The Kier molecular flexibility index (Phi) is 5.95. The first kappa shape index (κ1) is 15.7. The van der Waals surface area contributed by atoms with Gasteiger partial charge in [-0.3, -0.25) is 4.79 Å². The molecule has 0 spiro atoms. The maximum atomic E-state index is 11.6. The maximum absolute atomic E-state index is 11.6. The van der Waals surface area contributed by atoms with E-state index in [0.29, 0.717) is 13.1 Å². The Labute approximate surface area is 103 Å². The summed E-state index contributed by atoms with van der Waals surface area (Å²) in [6.45, 7) is 6.49. The van der Waals surface area contributed by atoms with E-state index in [2.05, 4.69) is 10.6 Å². The van der Waals surface area contributed by atoms with E-state index in [0.717, 1.165) is 0 Å². The Morgan fingerprint density at radius 2 is 1.65 bits per heavy atom. The van der Waals surface area contributed by atoms with Crippen LogP contribution in [0, 0.1) is 5.41 Å².